The number of rotatable bonds is 6. The van der Waals surface area contributed by atoms with Gasteiger partial charge in [-0.1, -0.05) is 6.07 Å². The summed E-state index contributed by atoms with van der Waals surface area (Å²) in [5.41, 5.74) is 7.38. The van der Waals surface area contributed by atoms with Gasteiger partial charge in [0, 0.05) is 6.04 Å². The minimum Gasteiger partial charge on any atom is -0.490 e. The van der Waals surface area contributed by atoms with Crippen LogP contribution in [0.25, 0.3) is 10.9 Å². The van der Waals surface area contributed by atoms with Gasteiger partial charge < -0.3 is 26.2 Å². The van der Waals surface area contributed by atoms with Gasteiger partial charge in [-0.2, -0.15) is 0 Å². The highest BCUT2D eigenvalue weighted by molar-refractivity contribution is 6.06. The first kappa shape index (κ1) is 20.9. The summed E-state index contributed by atoms with van der Waals surface area (Å²) in [4.78, 5) is 28.0. The molecule has 1 aromatic heterocycles. The lowest BCUT2D eigenvalue weighted by atomic mass is 9.92. The molecule has 1 amide bonds. The van der Waals surface area contributed by atoms with Crippen molar-refractivity contribution in [2.45, 2.75) is 57.7 Å². The predicted octanol–water partition coefficient (Wildman–Crippen LogP) is 2.24. The molecule has 1 heterocycles. The lowest BCUT2D eigenvalue weighted by Crippen LogP contribution is -2.47. The number of carboxylic acid groups (broad SMARTS) is 1. The van der Waals surface area contributed by atoms with Crippen LogP contribution >= 0.6 is 0 Å². The molecule has 3 rings (SSSR count). The molecule has 8 nitrogen and oxygen atoms in total. The maximum Gasteiger partial charge on any atom is 0.339 e. The van der Waals surface area contributed by atoms with Crippen molar-refractivity contribution < 1.29 is 19.4 Å². The van der Waals surface area contributed by atoms with Crippen molar-refractivity contribution in [3.05, 3.63) is 29.5 Å². The Balaban J connectivity index is 1.74. The van der Waals surface area contributed by atoms with Crippen LogP contribution in [0.2, 0.25) is 0 Å². The first-order valence-corrected chi connectivity index (χ1v) is 9.88. The van der Waals surface area contributed by atoms with Gasteiger partial charge in [-0.05, 0) is 58.7 Å². The SMILES string of the molecule is CN[C@@H](C)C(=O)NC1CCC(Oc2cccc3nc(C)c(C(=O)O)c(N)c23)CC1. The fraction of sp³-hybridized carbons (Fsp3) is 0.476. The van der Waals surface area contributed by atoms with Gasteiger partial charge in [-0.3, -0.25) is 9.78 Å². The number of nitrogens with one attached hydrogen (secondary N) is 2. The normalized spacial score (nSPS) is 20.2. The number of ether oxygens (including phenoxy) is 1. The van der Waals surface area contributed by atoms with E-state index in [-0.39, 0.29) is 35.3 Å². The van der Waals surface area contributed by atoms with Crippen LogP contribution in [0.3, 0.4) is 0 Å². The second-order valence-electron chi connectivity index (χ2n) is 7.55. The van der Waals surface area contributed by atoms with Gasteiger partial charge in [-0.25, -0.2) is 4.79 Å². The minimum atomic E-state index is -1.10. The smallest absolute Gasteiger partial charge is 0.339 e. The number of hydrogen-bond acceptors (Lipinski definition) is 6. The first-order valence-electron chi connectivity index (χ1n) is 9.88. The van der Waals surface area contributed by atoms with E-state index in [1.807, 2.05) is 13.0 Å². The number of nitrogen functional groups attached to an aromatic ring is 1. The molecule has 2 aromatic rings. The van der Waals surface area contributed by atoms with E-state index in [9.17, 15) is 14.7 Å². The fourth-order valence-corrected chi connectivity index (χ4v) is 3.77. The fourth-order valence-electron chi connectivity index (χ4n) is 3.77. The van der Waals surface area contributed by atoms with Crippen LogP contribution < -0.4 is 21.1 Å². The van der Waals surface area contributed by atoms with E-state index in [4.69, 9.17) is 10.5 Å². The molecule has 1 fully saturated rings. The summed E-state index contributed by atoms with van der Waals surface area (Å²) in [6.45, 7) is 3.47. The summed E-state index contributed by atoms with van der Waals surface area (Å²) in [7, 11) is 1.76. The Labute approximate surface area is 169 Å². The standard InChI is InChI=1S/C21H28N4O4/c1-11-17(21(27)28)19(22)18-15(24-11)5-4-6-16(18)29-14-9-7-13(8-10-14)25-20(26)12(2)23-3/h4-6,12-14,23H,7-10H2,1-3H3,(H2,22,24)(H,25,26)(H,27,28)/t12-,13?,14?/m0/s1. The number of carboxylic acids is 1. The number of amides is 1. The molecule has 0 aliphatic heterocycles. The molecule has 0 saturated heterocycles. The number of fused-ring (bicyclic) bond motifs is 1. The predicted molar refractivity (Wildman–Crippen MR) is 111 cm³/mol. The Kier molecular flexibility index (Phi) is 6.22. The number of benzene rings is 1. The maximum absolute atomic E-state index is 12.0. The van der Waals surface area contributed by atoms with Crippen LogP contribution in [0.15, 0.2) is 18.2 Å². The van der Waals surface area contributed by atoms with Crippen LogP contribution in [0, 0.1) is 6.92 Å². The van der Waals surface area contributed by atoms with E-state index in [1.165, 1.54) is 0 Å². The third-order valence-electron chi connectivity index (χ3n) is 5.55. The maximum atomic E-state index is 12.0. The Bertz CT molecular complexity index is 923. The van der Waals surface area contributed by atoms with Gasteiger partial charge in [0.15, 0.2) is 0 Å². The molecule has 1 aliphatic carbocycles. The summed E-state index contributed by atoms with van der Waals surface area (Å²) in [6, 6.07) is 5.34. The molecular formula is C21H28N4O4. The second-order valence-corrected chi connectivity index (χ2v) is 7.55. The molecule has 0 radical (unpaired) electrons. The van der Waals surface area contributed by atoms with Crippen molar-refractivity contribution in [3.8, 4) is 5.75 Å². The molecule has 1 saturated carbocycles. The average Bonchev–Trinajstić information content (AvgIpc) is 2.68. The van der Waals surface area contributed by atoms with Crippen molar-refractivity contribution in [1.29, 1.82) is 0 Å². The Hall–Kier alpha value is -2.87. The van der Waals surface area contributed by atoms with Crippen LogP contribution in [0.4, 0.5) is 5.69 Å². The highest BCUT2D eigenvalue weighted by Gasteiger charge is 2.26. The number of pyridine rings is 1. The molecule has 1 aliphatic rings. The van der Waals surface area contributed by atoms with Crippen molar-refractivity contribution in [3.63, 3.8) is 0 Å². The molecule has 29 heavy (non-hydrogen) atoms. The molecule has 0 spiro atoms. The van der Waals surface area contributed by atoms with Gasteiger partial charge in [0.25, 0.3) is 0 Å². The zero-order valence-electron chi connectivity index (χ0n) is 17.0. The zero-order valence-corrected chi connectivity index (χ0v) is 17.0. The molecule has 0 bridgehead atoms. The average molecular weight is 400 g/mol. The molecule has 8 heteroatoms. The van der Waals surface area contributed by atoms with E-state index in [0.717, 1.165) is 25.7 Å². The topological polar surface area (TPSA) is 127 Å². The first-order chi connectivity index (χ1) is 13.8. The summed E-state index contributed by atoms with van der Waals surface area (Å²) >= 11 is 0. The molecular weight excluding hydrogens is 372 g/mol. The zero-order chi connectivity index (χ0) is 21.1. The van der Waals surface area contributed by atoms with Gasteiger partial charge in [0.2, 0.25) is 5.91 Å². The highest BCUT2D eigenvalue weighted by atomic mass is 16.5. The highest BCUT2D eigenvalue weighted by Crippen LogP contribution is 2.35. The number of nitrogens with zero attached hydrogens (tertiary/aromatic N) is 1. The summed E-state index contributed by atoms with van der Waals surface area (Å²) in [5, 5.41) is 16.0. The van der Waals surface area contributed by atoms with Crippen molar-refractivity contribution >= 4 is 28.5 Å². The summed E-state index contributed by atoms with van der Waals surface area (Å²) in [6.07, 6.45) is 3.21. The van der Waals surface area contributed by atoms with E-state index in [0.29, 0.717) is 22.3 Å². The number of aromatic nitrogens is 1. The summed E-state index contributed by atoms with van der Waals surface area (Å²) in [5.74, 6) is -0.552. The van der Waals surface area contributed by atoms with Crippen molar-refractivity contribution in [1.82, 2.24) is 15.6 Å². The number of carbonyl (C=O) groups excluding carboxylic acids is 1. The van der Waals surface area contributed by atoms with Gasteiger partial charge in [-0.15, -0.1) is 0 Å². The Morgan fingerprint density at radius 3 is 2.59 bits per heavy atom. The number of aryl methyl sites for hydroxylation is 1. The number of hydrogen-bond donors (Lipinski definition) is 4. The molecule has 0 unspecified atom stereocenters. The lowest BCUT2D eigenvalue weighted by Gasteiger charge is -2.30. The third-order valence-corrected chi connectivity index (χ3v) is 5.55. The van der Waals surface area contributed by atoms with E-state index in [1.54, 1.807) is 26.1 Å². The quantitative estimate of drug-likeness (QED) is 0.586. The van der Waals surface area contributed by atoms with Crippen LogP contribution in [-0.4, -0.2) is 47.2 Å². The third kappa shape index (κ3) is 4.42. The van der Waals surface area contributed by atoms with Crippen LogP contribution in [-0.2, 0) is 4.79 Å². The van der Waals surface area contributed by atoms with E-state index < -0.39 is 5.97 Å². The molecule has 5 N–H and O–H groups in total. The molecule has 1 atom stereocenters. The Morgan fingerprint density at radius 1 is 1.28 bits per heavy atom. The minimum absolute atomic E-state index is 0.00124. The van der Waals surface area contributed by atoms with Crippen LogP contribution in [0.1, 0.15) is 48.7 Å². The number of likely N-dealkylation sites (N-methyl/N-ethyl adjacent to an activating group) is 1. The monoisotopic (exact) mass is 400 g/mol. The van der Waals surface area contributed by atoms with Gasteiger partial charge >= 0.3 is 5.97 Å². The van der Waals surface area contributed by atoms with E-state index >= 15 is 0 Å². The molecule has 156 valence electrons. The second kappa shape index (κ2) is 8.65. The van der Waals surface area contributed by atoms with Crippen molar-refractivity contribution in [2.24, 2.45) is 0 Å². The van der Waals surface area contributed by atoms with Crippen molar-refractivity contribution in [2.75, 3.05) is 12.8 Å². The number of carbonyl (C=O) groups is 2. The van der Waals surface area contributed by atoms with E-state index in [2.05, 4.69) is 15.6 Å². The van der Waals surface area contributed by atoms with Crippen LogP contribution in [0.5, 0.6) is 5.75 Å². The number of anilines is 1. The molecule has 1 aromatic carbocycles. The summed E-state index contributed by atoms with van der Waals surface area (Å²) < 4.78 is 6.21. The van der Waals surface area contributed by atoms with Gasteiger partial charge in [0.05, 0.1) is 34.4 Å². The number of nitrogens with two attached hydrogens (primary N) is 1. The lowest BCUT2D eigenvalue weighted by molar-refractivity contribution is -0.123. The Morgan fingerprint density at radius 2 is 1.97 bits per heavy atom. The largest absolute Gasteiger partial charge is 0.490 e. The number of aromatic carboxylic acids is 1. The van der Waals surface area contributed by atoms with Gasteiger partial charge in [0.1, 0.15) is 11.3 Å².